The van der Waals surface area contributed by atoms with Gasteiger partial charge in [0.15, 0.2) is 0 Å². The van der Waals surface area contributed by atoms with Crippen LogP contribution >= 0.6 is 31.9 Å². The maximum Gasteiger partial charge on any atom is 0.150 e. The van der Waals surface area contributed by atoms with Gasteiger partial charge in [-0.2, -0.15) is 0 Å². The van der Waals surface area contributed by atoms with Gasteiger partial charge in [-0.1, -0.05) is 44.8 Å². The highest BCUT2D eigenvalue weighted by molar-refractivity contribution is 9.11. The van der Waals surface area contributed by atoms with Crippen LogP contribution in [0.25, 0.3) is 0 Å². The summed E-state index contributed by atoms with van der Waals surface area (Å²) in [5.74, 6) is 0.412. The summed E-state index contributed by atoms with van der Waals surface area (Å²) in [6.45, 7) is 1.67. The minimum Gasteiger partial charge on any atom is -0.324 e. The molecule has 1 aromatic carbocycles. The standard InChI is InChI=1S/C12H17Br2NO2S/c1-2-18(16,17)7-3-4-12(15)10-6-5-9(13)8-11(10)14/h5-6,8,12H,2-4,7,15H2,1H3. The SMILES string of the molecule is CCS(=O)(=O)CCCC(N)c1ccc(Br)cc1Br. The smallest absolute Gasteiger partial charge is 0.150 e. The molecule has 0 aromatic heterocycles. The van der Waals surface area contributed by atoms with Gasteiger partial charge in [-0.15, -0.1) is 0 Å². The van der Waals surface area contributed by atoms with Gasteiger partial charge < -0.3 is 5.73 Å². The molecule has 1 rings (SSSR count). The first-order valence-electron chi connectivity index (χ1n) is 5.76. The molecular formula is C12H17Br2NO2S. The van der Waals surface area contributed by atoms with Crippen LogP contribution in [0.5, 0.6) is 0 Å². The maximum absolute atomic E-state index is 11.4. The van der Waals surface area contributed by atoms with Crippen LogP contribution in [0.15, 0.2) is 27.1 Å². The van der Waals surface area contributed by atoms with Crippen LogP contribution in [0.1, 0.15) is 31.4 Å². The van der Waals surface area contributed by atoms with E-state index in [0.29, 0.717) is 12.8 Å². The first-order chi connectivity index (χ1) is 8.35. The number of nitrogens with two attached hydrogens (primary N) is 1. The van der Waals surface area contributed by atoms with Crippen LogP contribution in [0, 0.1) is 0 Å². The van der Waals surface area contributed by atoms with E-state index in [1.807, 2.05) is 18.2 Å². The zero-order chi connectivity index (χ0) is 13.8. The van der Waals surface area contributed by atoms with E-state index in [1.165, 1.54) is 0 Å². The molecule has 1 aromatic rings. The molecule has 0 amide bonds. The van der Waals surface area contributed by atoms with Crippen molar-refractivity contribution in [1.82, 2.24) is 0 Å². The summed E-state index contributed by atoms with van der Waals surface area (Å²) in [4.78, 5) is 0. The first kappa shape index (κ1) is 16.1. The molecule has 3 nitrogen and oxygen atoms in total. The second-order valence-electron chi connectivity index (χ2n) is 4.15. The molecule has 1 atom stereocenters. The van der Waals surface area contributed by atoms with Crippen molar-refractivity contribution < 1.29 is 8.42 Å². The Bertz CT molecular complexity index is 503. The molecule has 0 radical (unpaired) electrons. The van der Waals surface area contributed by atoms with Crippen molar-refractivity contribution in [2.75, 3.05) is 11.5 Å². The molecule has 0 heterocycles. The average molecular weight is 399 g/mol. The zero-order valence-corrected chi connectivity index (χ0v) is 14.2. The lowest BCUT2D eigenvalue weighted by Crippen LogP contribution is -2.14. The third-order valence-corrected chi connectivity index (χ3v) is 5.74. The van der Waals surface area contributed by atoms with Gasteiger partial charge in [-0.3, -0.25) is 0 Å². The Kier molecular flexibility index (Phi) is 6.30. The number of halogens is 2. The largest absolute Gasteiger partial charge is 0.324 e. The van der Waals surface area contributed by atoms with E-state index in [9.17, 15) is 8.42 Å². The summed E-state index contributed by atoms with van der Waals surface area (Å²) in [6, 6.07) is 5.69. The number of sulfone groups is 1. The number of hydrogen-bond donors (Lipinski definition) is 1. The molecule has 18 heavy (non-hydrogen) atoms. The summed E-state index contributed by atoms with van der Waals surface area (Å²) in [6.07, 6.45) is 1.26. The van der Waals surface area contributed by atoms with E-state index < -0.39 is 9.84 Å². The number of hydrogen-bond acceptors (Lipinski definition) is 3. The predicted octanol–water partition coefficient (Wildman–Crippen LogP) is 3.43. The molecular weight excluding hydrogens is 382 g/mol. The highest BCUT2D eigenvalue weighted by atomic mass is 79.9. The number of benzene rings is 1. The quantitative estimate of drug-likeness (QED) is 0.798. The average Bonchev–Trinajstić information content (AvgIpc) is 2.28. The molecule has 2 N–H and O–H groups in total. The van der Waals surface area contributed by atoms with Crippen LogP contribution in [0.2, 0.25) is 0 Å². The van der Waals surface area contributed by atoms with Crippen LogP contribution in [-0.4, -0.2) is 19.9 Å². The molecule has 0 bridgehead atoms. The minimum absolute atomic E-state index is 0.139. The lowest BCUT2D eigenvalue weighted by molar-refractivity contribution is 0.583. The Morgan fingerprint density at radius 3 is 2.56 bits per heavy atom. The van der Waals surface area contributed by atoms with Gasteiger partial charge in [-0.25, -0.2) is 8.42 Å². The molecule has 0 aliphatic heterocycles. The van der Waals surface area contributed by atoms with Crippen molar-refractivity contribution in [1.29, 1.82) is 0 Å². The lowest BCUT2D eigenvalue weighted by atomic mass is 10.0. The normalized spacial score (nSPS) is 13.6. The highest BCUT2D eigenvalue weighted by Gasteiger charge is 2.12. The molecule has 0 saturated heterocycles. The topological polar surface area (TPSA) is 60.2 Å². The van der Waals surface area contributed by atoms with Crippen LogP contribution in [0.3, 0.4) is 0 Å². The Labute approximate surface area is 125 Å². The summed E-state index contributed by atoms with van der Waals surface area (Å²) < 4.78 is 24.7. The van der Waals surface area contributed by atoms with E-state index in [0.717, 1.165) is 14.5 Å². The molecule has 0 spiro atoms. The Morgan fingerprint density at radius 1 is 1.33 bits per heavy atom. The Hall–Kier alpha value is 0.0900. The van der Waals surface area contributed by atoms with Gasteiger partial charge in [0.05, 0.1) is 5.75 Å². The van der Waals surface area contributed by atoms with E-state index in [4.69, 9.17) is 5.73 Å². The van der Waals surface area contributed by atoms with E-state index in [2.05, 4.69) is 31.9 Å². The molecule has 0 aliphatic carbocycles. The third kappa shape index (κ3) is 4.99. The van der Waals surface area contributed by atoms with Crippen LogP contribution in [0.4, 0.5) is 0 Å². The second kappa shape index (κ2) is 7.03. The fourth-order valence-corrected chi connectivity index (χ4v) is 3.86. The summed E-state index contributed by atoms with van der Waals surface area (Å²) in [7, 11) is -2.89. The summed E-state index contributed by atoms with van der Waals surface area (Å²) >= 11 is 6.85. The fourth-order valence-electron chi connectivity index (χ4n) is 1.63. The molecule has 1 unspecified atom stereocenters. The molecule has 102 valence electrons. The number of rotatable bonds is 6. The Balaban J connectivity index is 2.58. The monoisotopic (exact) mass is 397 g/mol. The van der Waals surface area contributed by atoms with Gasteiger partial charge in [0.25, 0.3) is 0 Å². The van der Waals surface area contributed by atoms with Gasteiger partial charge in [-0.05, 0) is 30.5 Å². The van der Waals surface area contributed by atoms with Gasteiger partial charge in [0, 0.05) is 20.7 Å². The van der Waals surface area contributed by atoms with Crippen molar-refractivity contribution in [3.63, 3.8) is 0 Å². The summed E-state index contributed by atoms with van der Waals surface area (Å²) in [5.41, 5.74) is 7.08. The van der Waals surface area contributed by atoms with E-state index in [1.54, 1.807) is 6.92 Å². The van der Waals surface area contributed by atoms with E-state index in [-0.39, 0.29) is 17.5 Å². The fraction of sp³-hybridized carbons (Fsp3) is 0.500. The van der Waals surface area contributed by atoms with Crippen molar-refractivity contribution in [3.8, 4) is 0 Å². The highest BCUT2D eigenvalue weighted by Crippen LogP contribution is 2.28. The molecule has 0 saturated carbocycles. The lowest BCUT2D eigenvalue weighted by Gasteiger charge is -2.14. The molecule has 6 heteroatoms. The van der Waals surface area contributed by atoms with Crippen molar-refractivity contribution in [2.24, 2.45) is 5.73 Å². The van der Waals surface area contributed by atoms with Crippen molar-refractivity contribution in [2.45, 2.75) is 25.8 Å². The maximum atomic E-state index is 11.4. The zero-order valence-electron chi connectivity index (χ0n) is 10.2. The first-order valence-corrected chi connectivity index (χ1v) is 9.17. The van der Waals surface area contributed by atoms with Crippen LogP contribution < -0.4 is 5.73 Å². The van der Waals surface area contributed by atoms with Crippen molar-refractivity contribution in [3.05, 3.63) is 32.7 Å². The van der Waals surface area contributed by atoms with Crippen molar-refractivity contribution >= 4 is 41.7 Å². The third-order valence-electron chi connectivity index (χ3n) is 2.77. The Morgan fingerprint density at radius 2 is 2.00 bits per heavy atom. The van der Waals surface area contributed by atoms with Gasteiger partial charge in [0.2, 0.25) is 0 Å². The van der Waals surface area contributed by atoms with Crippen LogP contribution in [-0.2, 0) is 9.84 Å². The summed E-state index contributed by atoms with van der Waals surface area (Å²) in [5, 5.41) is 0. The van der Waals surface area contributed by atoms with Gasteiger partial charge in [0.1, 0.15) is 9.84 Å². The molecule has 0 aliphatic rings. The predicted molar refractivity (Wildman–Crippen MR) is 82.3 cm³/mol. The minimum atomic E-state index is -2.89. The second-order valence-corrected chi connectivity index (χ2v) is 8.39. The van der Waals surface area contributed by atoms with Gasteiger partial charge >= 0.3 is 0 Å². The van der Waals surface area contributed by atoms with E-state index >= 15 is 0 Å². The molecule has 0 fully saturated rings.